The van der Waals surface area contributed by atoms with Crippen LogP contribution in [-0.4, -0.2) is 43.5 Å². The number of aromatic amines is 1. The number of H-pyrrole nitrogens is 1. The van der Waals surface area contributed by atoms with Gasteiger partial charge in [0.25, 0.3) is 0 Å². The summed E-state index contributed by atoms with van der Waals surface area (Å²) in [6.45, 7) is 0. The van der Waals surface area contributed by atoms with Crippen LogP contribution in [0.1, 0.15) is 5.56 Å². The first-order chi connectivity index (χ1) is 20.2. The van der Waals surface area contributed by atoms with E-state index in [0.29, 0.717) is 45.9 Å². The van der Waals surface area contributed by atoms with E-state index in [1.165, 1.54) is 0 Å². The van der Waals surface area contributed by atoms with E-state index >= 15 is 0 Å². The Morgan fingerprint density at radius 3 is 1.66 bits per heavy atom. The molecule has 0 saturated heterocycles. The van der Waals surface area contributed by atoms with Crippen molar-refractivity contribution in [1.29, 1.82) is 0 Å². The van der Waals surface area contributed by atoms with Crippen molar-refractivity contribution >= 4 is 60.6 Å². The van der Waals surface area contributed by atoms with E-state index in [-0.39, 0.29) is 0 Å². The SMILES string of the molecule is [Ni]=[CH]/C=C\c1cc2nc3nc(nc4c5ccccc5c(nc5nc(nc1[nH]2)-c1ccccc1-5)n4Br)-c1ccccc1-3. The molecule has 3 aromatic carbocycles. The van der Waals surface area contributed by atoms with Crippen molar-refractivity contribution < 1.29 is 15.0 Å². The molecule has 10 heteroatoms. The number of allylic oxidation sites excluding steroid dienone is 1. The van der Waals surface area contributed by atoms with Crippen LogP contribution < -0.4 is 0 Å². The van der Waals surface area contributed by atoms with Crippen LogP contribution >= 0.6 is 16.1 Å². The van der Waals surface area contributed by atoms with Gasteiger partial charge in [-0.2, -0.15) is 0 Å². The fraction of sp³-hybridized carbons (Fsp3) is 0. The van der Waals surface area contributed by atoms with Crippen molar-refractivity contribution in [2.75, 3.05) is 0 Å². The van der Waals surface area contributed by atoms with Crippen molar-refractivity contribution in [2.24, 2.45) is 0 Å². The number of hydrogen-bond donors (Lipinski definition) is 1. The quantitative estimate of drug-likeness (QED) is 0.211. The van der Waals surface area contributed by atoms with Crippen molar-refractivity contribution in [1.82, 2.24) is 38.5 Å². The van der Waals surface area contributed by atoms with Gasteiger partial charge in [0, 0.05) is 5.39 Å². The van der Waals surface area contributed by atoms with Crippen LogP contribution in [0.2, 0.25) is 0 Å². The number of nitrogens with zero attached hydrogens (tertiary/aromatic N) is 7. The molecule has 0 unspecified atom stereocenters. The van der Waals surface area contributed by atoms with Gasteiger partial charge < -0.3 is 0 Å². The second-order valence-corrected chi connectivity index (χ2v) is 10.5. The predicted octanol–water partition coefficient (Wildman–Crippen LogP) is 6.71. The summed E-state index contributed by atoms with van der Waals surface area (Å²) >= 11 is 8.48. The molecular formula is C31H17BrN8Ni. The molecule has 3 aromatic heterocycles. The third-order valence-corrected chi connectivity index (χ3v) is 7.90. The number of rotatable bonds is 2. The Morgan fingerprint density at radius 2 is 1.12 bits per heavy atom. The van der Waals surface area contributed by atoms with Crippen molar-refractivity contribution in [3.8, 4) is 45.6 Å². The first-order valence-corrected chi connectivity index (χ1v) is 14.0. The van der Waals surface area contributed by atoms with Crippen LogP contribution in [0, 0.1) is 0 Å². The zero-order valence-electron chi connectivity index (χ0n) is 21.1. The predicted molar refractivity (Wildman–Crippen MR) is 162 cm³/mol. The van der Waals surface area contributed by atoms with Gasteiger partial charge in [-0.15, -0.1) is 0 Å². The Labute approximate surface area is 249 Å². The Morgan fingerprint density at radius 1 is 0.634 bits per heavy atom. The van der Waals surface area contributed by atoms with Gasteiger partial charge in [-0.05, 0) is 0 Å². The van der Waals surface area contributed by atoms with Crippen molar-refractivity contribution in [3.63, 3.8) is 0 Å². The van der Waals surface area contributed by atoms with Crippen LogP contribution in [0.4, 0.5) is 0 Å². The Balaban J connectivity index is 1.59. The fourth-order valence-corrected chi connectivity index (χ4v) is 5.84. The first-order valence-electron chi connectivity index (χ1n) is 12.7. The van der Waals surface area contributed by atoms with Crippen LogP contribution in [-0.2, 0) is 15.0 Å². The molecule has 8 rings (SSSR count). The summed E-state index contributed by atoms with van der Waals surface area (Å²) in [4.78, 5) is 34.7. The minimum absolute atomic E-state index is 0.556. The monoisotopic (exact) mass is 638 g/mol. The van der Waals surface area contributed by atoms with E-state index in [2.05, 4.69) is 21.1 Å². The molecule has 2 aliphatic heterocycles. The van der Waals surface area contributed by atoms with E-state index in [9.17, 15) is 0 Å². The van der Waals surface area contributed by atoms with E-state index in [1.807, 2.05) is 94.6 Å². The van der Waals surface area contributed by atoms with Crippen LogP contribution in [0.15, 0.2) is 84.9 Å². The standard InChI is InChI=1S/C31H17BrN8.Ni/c1-2-9-17-16-24-33-25(17)35-27-19-11-4-6-13-21(19)29(37-27)39-31-23-15-8-7-14-22(23)30(40(31)32)38-28-20-12-5-3-10-18(20)26(34-24)36-28;/h1-16H,(H,33,34,35,36,37,38,39);/b9-2-;. The van der Waals surface area contributed by atoms with Gasteiger partial charge in [0.05, 0.1) is 16.1 Å². The maximum absolute atomic E-state index is 5.06. The molecule has 0 spiro atoms. The molecule has 0 fully saturated rings. The van der Waals surface area contributed by atoms with Crippen LogP contribution in [0.5, 0.6) is 0 Å². The molecule has 0 saturated carbocycles. The molecule has 2 aliphatic rings. The molecule has 8 bridgehead atoms. The fourth-order valence-electron chi connectivity index (χ4n) is 5.20. The van der Waals surface area contributed by atoms with Gasteiger partial charge in [-0.3, -0.25) is 0 Å². The summed E-state index contributed by atoms with van der Waals surface area (Å²) in [5.74, 6) is 2.25. The van der Waals surface area contributed by atoms with Gasteiger partial charge in [0.15, 0.2) is 0 Å². The average molecular weight is 640 g/mol. The van der Waals surface area contributed by atoms with Gasteiger partial charge in [0.1, 0.15) is 0 Å². The summed E-state index contributed by atoms with van der Waals surface area (Å²) in [6, 6.07) is 25.9. The zero-order valence-corrected chi connectivity index (χ0v) is 23.6. The number of hydrogen-bond acceptors (Lipinski definition) is 6. The molecular weight excluding hydrogens is 623 g/mol. The summed E-state index contributed by atoms with van der Waals surface area (Å²) in [5, 5.41) is 1.87. The second kappa shape index (κ2) is 9.47. The van der Waals surface area contributed by atoms with Gasteiger partial charge in [0.2, 0.25) is 0 Å². The molecule has 8 nitrogen and oxygen atoms in total. The number of aromatic nitrogens is 8. The normalized spacial score (nSPS) is 12.1. The van der Waals surface area contributed by atoms with E-state index < -0.39 is 0 Å². The molecule has 41 heavy (non-hydrogen) atoms. The molecule has 198 valence electrons. The summed E-state index contributed by atoms with van der Waals surface area (Å²) in [7, 11) is 0. The van der Waals surface area contributed by atoms with Crippen LogP contribution in [0.3, 0.4) is 0 Å². The molecule has 0 atom stereocenters. The molecule has 0 aliphatic carbocycles. The third-order valence-electron chi connectivity index (χ3n) is 7.04. The minimum atomic E-state index is 0.556. The van der Waals surface area contributed by atoms with E-state index in [0.717, 1.165) is 38.6 Å². The Hall–Kier alpha value is -4.66. The molecule has 1 N–H and O–H groups in total. The number of benzene rings is 3. The Kier molecular flexibility index (Phi) is 5.58. The van der Waals surface area contributed by atoms with Crippen molar-refractivity contribution in [3.05, 3.63) is 90.5 Å². The van der Waals surface area contributed by atoms with Crippen molar-refractivity contribution in [2.45, 2.75) is 0 Å². The average Bonchev–Trinajstić information content (AvgIpc) is 3.72. The summed E-state index contributed by atoms with van der Waals surface area (Å²) in [5.41, 5.74) is 7.00. The molecule has 0 radical (unpaired) electrons. The topological polar surface area (TPSA) is 98.1 Å². The number of fused-ring (bicyclic) bond motifs is 17. The van der Waals surface area contributed by atoms with E-state index in [4.69, 9.17) is 44.9 Å². The molecule has 0 amide bonds. The summed E-state index contributed by atoms with van der Waals surface area (Å²) in [6.07, 6.45) is 3.72. The van der Waals surface area contributed by atoms with Crippen LogP contribution in [0.25, 0.3) is 85.0 Å². The number of nitrogens with one attached hydrogen (secondary N) is 1. The molecule has 5 heterocycles. The van der Waals surface area contributed by atoms with Gasteiger partial charge in [-0.25, -0.2) is 0 Å². The first kappa shape index (κ1) is 24.2. The zero-order chi connectivity index (χ0) is 27.5. The van der Waals surface area contributed by atoms with Gasteiger partial charge >= 0.3 is 204 Å². The third kappa shape index (κ3) is 3.90. The molecule has 6 aromatic rings. The number of halogens is 1. The summed E-state index contributed by atoms with van der Waals surface area (Å²) < 4.78 is 1.82. The van der Waals surface area contributed by atoms with Gasteiger partial charge in [-0.1, -0.05) is 24.3 Å². The maximum atomic E-state index is 5.06. The second-order valence-electron chi connectivity index (χ2n) is 9.45. The van der Waals surface area contributed by atoms with E-state index in [1.54, 1.807) is 4.99 Å². The Bertz CT molecular complexity index is 2270.